The van der Waals surface area contributed by atoms with Crippen LogP contribution in [0.3, 0.4) is 0 Å². The summed E-state index contributed by atoms with van der Waals surface area (Å²) in [4.78, 5) is 20.2. The van der Waals surface area contributed by atoms with Crippen LogP contribution in [0, 0.1) is 0 Å². The summed E-state index contributed by atoms with van der Waals surface area (Å²) in [7, 11) is 0. The SMILES string of the molecule is O=C(Nc1nc2c(Cl)c(Cl)ccc2s1)c1ccncc1. The van der Waals surface area contributed by atoms with E-state index in [4.69, 9.17) is 23.2 Å². The number of fused-ring (bicyclic) bond motifs is 1. The maximum Gasteiger partial charge on any atom is 0.257 e. The number of hydrogen-bond donors (Lipinski definition) is 1. The summed E-state index contributed by atoms with van der Waals surface area (Å²) < 4.78 is 0.865. The van der Waals surface area contributed by atoms with Gasteiger partial charge in [-0.15, -0.1) is 0 Å². The van der Waals surface area contributed by atoms with Crippen molar-refractivity contribution in [3.63, 3.8) is 0 Å². The second kappa shape index (κ2) is 5.36. The van der Waals surface area contributed by atoms with Gasteiger partial charge in [-0.3, -0.25) is 15.1 Å². The first kappa shape index (κ1) is 13.3. The van der Waals surface area contributed by atoms with E-state index in [1.807, 2.05) is 6.07 Å². The number of carbonyl (C=O) groups is 1. The Labute approximate surface area is 128 Å². The smallest absolute Gasteiger partial charge is 0.257 e. The van der Waals surface area contributed by atoms with Gasteiger partial charge in [0.25, 0.3) is 5.91 Å². The minimum Gasteiger partial charge on any atom is -0.298 e. The van der Waals surface area contributed by atoms with Crippen LogP contribution < -0.4 is 5.32 Å². The molecule has 0 saturated heterocycles. The predicted octanol–water partition coefficient (Wildman–Crippen LogP) is 4.25. The van der Waals surface area contributed by atoms with Gasteiger partial charge in [-0.25, -0.2) is 4.98 Å². The third-order valence-corrected chi connectivity index (χ3v) is 4.35. The van der Waals surface area contributed by atoms with E-state index >= 15 is 0 Å². The molecule has 0 saturated carbocycles. The molecule has 0 unspecified atom stereocenters. The standard InChI is InChI=1S/C13H7Cl2N3OS/c14-8-1-2-9-11(10(8)15)17-13(20-9)18-12(19)7-3-5-16-6-4-7/h1-6H,(H,17,18,19). The number of nitrogens with one attached hydrogen (secondary N) is 1. The minimum absolute atomic E-state index is 0.242. The van der Waals surface area contributed by atoms with Crippen molar-refractivity contribution in [2.45, 2.75) is 0 Å². The predicted molar refractivity (Wildman–Crippen MR) is 81.8 cm³/mol. The number of thiazole rings is 1. The van der Waals surface area contributed by atoms with Gasteiger partial charge in [-0.05, 0) is 24.3 Å². The van der Waals surface area contributed by atoms with Gasteiger partial charge in [0.05, 0.1) is 14.7 Å². The maximum atomic E-state index is 12.0. The zero-order valence-electron chi connectivity index (χ0n) is 9.93. The molecule has 7 heteroatoms. The number of carbonyl (C=O) groups excluding carboxylic acids is 1. The van der Waals surface area contributed by atoms with Gasteiger partial charge >= 0.3 is 0 Å². The third-order valence-electron chi connectivity index (χ3n) is 2.61. The molecular formula is C13H7Cl2N3OS. The fraction of sp³-hybridized carbons (Fsp3) is 0. The number of amides is 1. The summed E-state index contributed by atoms with van der Waals surface area (Å²) in [6, 6.07) is 6.79. The monoisotopic (exact) mass is 323 g/mol. The number of aromatic nitrogens is 2. The van der Waals surface area contributed by atoms with Gasteiger partial charge in [0.1, 0.15) is 5.52 Å². The van der Waals surface area contributed by atoms with Crippen LogP contribution in [0.4, 0.5) is 5.13 Å². The van der Waals surface area contributed by atoms with Crippen LogP contribution in [0.2, 0.25) is 10.0 Å². The third kappa shape index (κ3) is 2.47. The minimum atomic E-state index is -0.242. The summed E-state index contributed by atoms with van der Waals surface area (Å²) in [6.45, 7) is 0. The van der Waals surface area contributed by atoms with Crippen LogP contribution in [0.1, 0.15) is 10.4 Å². The molecule has 20 heavy (non-hydrogen) atoms. The molecule has 1 amide bonds. The Hall–Kier alpha value is -1.69. The lowest BCUT2D eigenvalue weighted by atomic mass is 10.2. The van der Waals surface area contributed by atoms with Gasteiger partial charge in [0.15, 0.2) is 5.13 Å². The number of anilines is 1. The Morgan fingerprint density at radius 3 is 2.65 bits per heavy atom. The molecule has 1 aromatic carbocycles. The van der Waals surface area contributed by atoms with Gasteiger partial charge in [-0.1, -0.05) is 34.5 Å². The molecule has 0 radical (unpaired) electrons. The van der Waals surface area contributed by atoms with E-state index in [-0.39, 0.29) is 5.91 Å². The van der Waals surface area contributed by atoms with Gasteiger partial charge in [-0.2, -0.15) is 0 Å². The molecule has 3 aromatic rings. The first-order valence-electron chi connectivity index (χ1n) is 5.61. The maximum absolute atomic E-state index is 12.0. The number of rotatable bonds is 2. The second-order valence-corrected chi connectivity index (χ2v) is 5.73. The Morgan fingerprint density at radius 1 is 1.15 bits per heavy atom. The van der Waals surface area contributed by atoms with E-state index < -0.39 is 0 Å². The highest BCUT2D eigenvalue weighted by molar-refractivity contribution is 7.22. The summed E-state index contributed by atoms with van der Waals surface area (Å²) in [6.07, 6.45) is 3.12. The van der Waals surface area contributed by atoms with Gasteiger partial charge < -0.3 is 0 Å². The zero-order chi connectivity index (χ0) is 14.1. The van der Waals surface area contributed by atoms with E-state index in [0.717, 1.165) is 4.70 Å². The Morgan fingerprint density at radius 2 is 1.90 bits per heavy atom. The number of hydrogen-bond acceptors (Lipinski definition) is 4. The fourth-order valence-electron chi connectivity index (χ4n) is 1.66. The molecule has 0 spiro atoms. The van der Waals surface area contributed by atoms with E-state index in [0.29, 0.717) is 26.3 Å². The van der Waals surface area contributed by atoms with Crippen molar-refractivity contribution in [1.29, 1.82) is 0 Å². The van der Waals surface area contributed by atoms with E-state index in [1.54, 1.807) is 30.6 Å². The molecule has 100 valence electrons. The lowest BCUT2D eigenvalue weighted by molar-refractivity contribution is 0.102. The molecule has 0 aliphatic rings. The van der Waals surface area contributed by atoms with Crippen LogP contribution in [0.5, 0.6) is 0 Å². The first-order chi connectivity index (χ1) is 9.65. The van der Waals surface area contributed by atoms with Gasteiger partial charge in [0, 0.05) is 18.0 Å². The van der Waals surface area contributed by atoms with Crippen molar-refractivity contribution in [2.75, 3.05) is 5.32 Å². The molecule has 0 aliphatic carbocycles. The molecule has 2 heterocycles. The van der Waals surface area contributed by atoms with E-state index in [2.05, 4.69) is 15.3 Å². The highest BCUT2D eigenvalue weighted by Crippen LogP contribution is 2.35. The number of nitrogens with zero attached hydrogens (tertiary/aromatic N) is 2. The average molecular weight is 324 g/mol. The van der Waals surface area contributed by atoms with E-state index in [1.165, 1.54) is 11.3 Å². The van der Waals surface area contributed by atoms with E-state index in [9.17, 15) is 4.79 Å². The number of pyridine rings is 1. The van der Waals surface area contributed by atoms with Crippen molar-refractivity contribution >= 4 is 55.8 Å². The number of halogens is 2. The Bertz CT molecular complexity index is 789. The highest BCUT2D eigenvalue weighted by atomic mass is 35.5. The number of benzene rings is 1. The van der Waals surface area contributed by atoms with Crippen LogP contribution in [-0.4, -0.2) is 15.9 Å². The molecular weight excluding hydrogens is 317 g/mol. The molecule has 1 N–H and O–H groups in total. The summed E-state index contributed by atoms with van der Waals surface area (Å²) in [5.74, 6) is -0.242. The Kier molecular flexibility index (Phi) is 3.56. The van der Waals surface area contributed by atoms with Crippen molar-refractivity contribution in [1.82, 2.24) is 9.97 Å². The molecule has 2 aromatic heterocycles. The first-order valence-corrected chi connectivity index (χ1v) is 7.18. The normalized spacial score (nSPS) is 10.7. The summed E-state index contributed by atoms with van der Waals surface area (Å²) >= 11 is 13.4. The second-order valence-electron chi connectivity index (χ2n) is 3.92. The van der Waals surface area contributed by atoms with Crippen molar-refractivity contribution in [2.24, 2.45) is 0 Å². The quantitative estimate of drug-likeness (QED) is 0.767. The zero-order valence-corrected chi connectivity index (χ0v) is 12.3. The fourth-order valence-corrected chi connectivity index (χ4v) is 2.95. The van der Waals surface area contributed by atoms with Crippen molar-refractivity contribution in [3.8, 4) is 0 Å². The summed E-state index contributed by atoms with van der Waals surface area (Å²) in [5, 5.41) is 4.05. The van der Waals surface area contributed by atoms with Crippen LogP contribution in [-0.2, 0) is 0 Å². The lowest BCUT2D eigenvalue weighted by Gasteiger charge is -1.99. The topological polar surface area (TPSA) is 54.9 Å². The molecule has 3 rings (SSSR count). The molecule has 0 aliphatic heterocycles. The molecule has 0 fully saturated rings. The summed E-state index contributed by atoms with van der Waals surface area (Å²) in [5.41, 5.74) is 1.11. The largest absolute Gasteiger partial charge is 0.298 e. The highest BCUT2D eigenvalue weighted by Gasteiger charge is 2.12. The van der Waals surface area contributed by atoms with Crippen molar-refractivity contribution in [3.05, 3.63) is 52.3 Å². The molecule has 4 nitrogen and oxygen atoms in total. The van der Waals surface area contributed by atoms with Crippen LogP contribution >= 0.6 is 34.5 Å². The van der Waals surface area contributed by atoms with Gasteiger partial charge in [0.2, 0.25) is 0 Å². The average Bonchev–Trinajstić information content (AvgIpc) is 2.87. The van der Waals surface area contributed by atoms with Crippen molar-refractivity contribution < 1.29 is 4.79 Å². The van der Waals surface area contributed by atoms with Crippen LogP contribution in [0.15, 0.2) is 36.7 Å². The lowest BCUT2D eigenvalue weighted by Crippen LogP contribution is -2.11. The van der Waals surface area contributed by atoms with Crippen LogP contribution in [0.25, 0.3) is 10.2 Å². The molecule has 0 bridgehead atoms. The Balaban J connectivity index is 1.92. The molecule has 0 atom stereocenters.